The van der Waals surface area contributed by atoms with Crippen LogP contribution >= 0.6 is 11.3 Å². The van der Waals surface area contributed by atoms with Gasteiger partial charge < -0.3 is 8.98 Å². The number of aromatic nitrogens is 8. The highest BCUT2D eigenvalue weighted by molar-refractivity contribution is 7.09. The van der Waals surface area contributed by atoms with E-state index in [0.29, 0.717) is 24.1 Å². The molecule has 0 bridgehead atoms. The van der Waals surface area contributed by atoms with Crippen molar-refractivity contribution in [3.63, 3.8) is 0 Å². The van der Waals surface area contributed by atoms with Gasteiger partial charge >= 0.3 is 0 Å². The molecule has 9 nitrogen and oxygen atoms in total. The maximum Gasteiger partial charge on any atom is 0.209 e. The maximum absolute atomic E-state index is 5.47. The van der Waals surface area contributed by atoms with Crippen molar-refractivity contribution in [2.45, 2.75) is 52.1 Å². The summed E-state index contributed by atoms with van der Waals surface area (Å²) in [6, 6.07) is 38.2. The number of hydrogen-bond acceptors (Lipinski definition) is 8. The second kappa shape index (κ2) is 17.9. The molecule has 10 heteroatoms. The van der Waals surface area contributed by atoms with E-state index in [9.17, 15) is 0 Å². The molecule has 1 unspecified atom stereocenters. The van der Waals surface area contributed by atoms with Crippen LogP contribution in [0.15, 0.2) is 144 Å². The molecule has 6 heterocycles. The Labute approximate surface area is 319 Å². The van der Waals surface area contributed by atoms with Gasteiger partial charge in [0.1, 0.15) is 23.0 Å². The third-order valence-corrected chi connectivity index (χ3v) is 9.77. The molecular formula is C44H40N8OS. The Balaban J connectivity index is 0.000000160. The highest BCUT2D eigenvalue weighted by atomic mass is 32.1. The van der Waals surface area contributed by atoms with Crippen LogP contribution in [-0.2, 0) is 25.9 Å². The van der Waals surface area contributed by atoms with E-state index in [4.69, 9.17) is 4.42 Å². The largest absolute Gasteiger partial charge is 0.467 e. The predicted molar refractivity (Wildman–Crippen MR) is 213 cm³/mol. The number of nitrogens with zero attached hydrogens (tertiary/aromatic N) is 8. The fourth-order valence-electron chi connectivity index (χ4n) is 6.37. The second-order valence-corrected chi connectivity index (χ2v) is 13.3. The van der Waals surface area contributed by atoms with E-state index in [-0.39, 0.29) is 0 Å². The van der Waals surface area contributed by atoms with Gasteiger partial charge in [-0.3, -0.25) is 14.5 Å². The average molecular weight is 729 g/mol. The second-order valence-electron chi connectivity index (χ2n) is 12.3. The number of hydrogen-bond donors (Lipinski definition) is 0. The molecule has 0 spiro atoms. The molecule has 0 radical (unpaired) electrons. The SMILES string of the molecule is C(#Cc1nnc(-c2ccccn2)n1Cc1ccco1)c1ccccc1.CC.c1ccc(-c2nnc(C3CCc4ccccc4C3)n2Cc2cccs2)nc1. The lowest BCUT2D eigenvalue weighted by Crippen LogP contribution is -2.18. The summed E-state index contributed by atoms with van der Waals surface area (Å²) in [4.78, 5) is 10.2. The number of thiophene rings is 1. The summed E-state index contributed by atoms with van der Waals surface area (Å²) in [6.07, 6.45) is 8.44. The van der Waals surface area contributed by atoms with Gasteiger partial charge in [0.25, 0.3) is 0 Å². The van der Waals surface area contributed by atoms with Gasteiger partial charge in [0.05, 0.1) is 19.4 Å². The van der Waals surface area contributed by atoms with Crippen molar-refractivity contribution in [1.29, 1.82) is 0 Å². The first-order valence-corrected chi connectivity index (χ1v) is 19.0. The molecule has 1 aliphatic rings. The lowest BCUT2D eigenvalue weighted by molar-refractivity contribution is 0.493. The van der Waals surface area contributed by atoms with Crippen LogP contribution in [0.5, 0.6) is 0 Å². The normalized spacial score (nSPS) is 13.0. The van der Waals surface area contributed by atoms with Crippen LogP contribution in [0.25, 0.3) is 23.0 Å². The molecule has 0 aliphatic heterocycles. The Hall–Kier alpha value is -6.44. The first-order chi connectivity index (χ1) is 26.8. The zero-order valence-electron chi connectivity index (χ0n) is 30.3. The van der Waals surface area contributed by atoms with Crippen LogP contribution in [0.1, 0.15) is 65.2 Å². The van der Waals surface area contributed by atoms with Crippen molar-refractivity contribution in [1.82, 2.24) is 39.5 Å². The lowest BCUT2D eigenvalue weighted by atomic mass is 9.83. The van der Waals surface area contributed by atoms with Gasteiger partial charge in [-0.15, -0.1) is 31.7 Å². The van der Waals surface area contributed by atoms with E-state index in [1.54, 1.807) is 23.8 Å². The summed E-state index contributed by atoms with van der Waals surface area (Å²) in [7, 11) is 0. The Morgan fingerprint density at radius 1 is 0.667 bits per heavy atom. The van der Waals surface area contributed by atoms with Crippen LogP contribution < -0.4 is 0 Å². The van der Waals surface area contributed by atoms with Gasteiger partial charge in [-0.1, -0.05) is 80.4 Å². The molecule has 8 aromatic rings. The minimum Gasteiger partial charge on any atom is -0.467 e. The lowest BCUT2D eigenvalue weighted by Gasteiger charge is -2.24. The molecule has 0 saturated carbocycles. The van der Waals surface area contributed by atoms with Crippen LogP contribution in [0.4, 0.5) is 0 Å². The maximum atomic E-state index is 5.47. The summed E-state index contributed by atoms with van der Waals surface area (Å²) < 4.78 is 9.65. The monoisotopic (exact) mass is 728 g/mol. The summed E-state index contributed by atoms with van der Waals surface area (Å²) >= 11 is 1.77. The van der Waals surface area contributed by atoms with Gasteiger partial charge in [-0.25, -0.2) is 0 Å². The molecule has 0 N–H and O–H groups in total. The fraction of sp³-hybridized carbons (Fsp3) is 0.182. The average Bonchev–Trinajstić information content (AvgIpc) is 4.09. The standard InChI is InChI=1S/C22H20N4S.C20H14N4O.C2H6/c1-2-7-17-14-18(11-10-16(17)6-1)21-24-25-22(20-9-3-4-12-23-20)26(21)15-19-8-5-13-27-19;1-2-7-16(8-3-1)11-12-19-22-23-20(18-10-4-5-13-21-18)24(19)15-17-9-6-14-25-17;1-2/h1-9,12-13,18H,10-11,14-15H2;1-10,13-14H,15H2;1-2H3. The topological polar surface area (TPSA) is 100 Å². The molecule has 1 aliphatic carbocycles. The number of furan rings is 1. The van der Waals surface area contributed by atoms with Crippen molar-refractivity contribution < 1.29 is 4.42 Å². The molecule has 0 fully saturated rings. The number of rotatable bonds is 7. The number of fused-ring (bicyclic) bond motifs is 1. The van der Waals surface area contributed by atoms with Crippen LogP contribution in [0, 0.1) is 11.8 Å². The molecule has 0 saturated heterocycles. The zero-order chi connectivity index (χ0) is 37.0. The number of aryl methyl sites for hydroxylation is 1. The molecule has 54 heavy (non-hydrogen) atoms. The molecule has 1 atom stereocenters. The molecule has 6 aromatic heterocycles. The van der Waals surface area contributed by atoms with Gasteiger partial charge in [-0.05, 0) is 96.3 Å². The molecule has 2 aromatic carbocycles. The van der Waals surface area contributed by atoms with E-state index in [2.05, 4.69) is 88.5 Å². The molecule has 9 rings (SSSR count). The molecule has 0 amide bonds. The van der Waals surface area contributed by atoms with E-state index < -0.39 is 0 Å². The van der Waals surface area contributed by atoms with E-state index in [1.165, 1.54) is 16.0 Å². The zero-order valence-corrected chi connectivity index (χ0v) is 31.1. The van der Waals surface area contributed by atoms with Crippen molar-refractivity contribution in [3.05, 3.63) is 178 Å². The minimum absolute atomic E-state index is 0.393. The van der Waals surface area contributed by atoms with Crippen LogP contribution in [0.3, 0.4) is 0 Å². The summed E-state index contributed by atoms with van der Waals surface area (Å²) in [5.74, 6) is 10.6. The number of benzene rings is 2. The third kappa shape index (κ3) is 8.60. The van der Waals surface area contributed by atoms with Gasteiger partial charge in [0.2, 0.25) is 5.82 Å². The Kier molecular flexibility index (Phi) is 11.9. The van der Waals surface area contributed by atoms with Crippen molar-refractivity contribution in [2.24, 2.45) is 0 Å². The van der Waals surface area contributed by atoms with E-state index in [0.717, 1.165) is 60.2 Å². The number of pyridine rings is 2. The van der Waals surface area contributed by atoms with Crippen LogP contribution in [0.2, 0.25) is 0 Å². The highest BCUT2D eigenvalue weighted by Crippen LogP contribution is 2.34. The quantitative estimate of drug-likeness (QED) is 0.151. The van der Waals surface area contributed by atoms with E-state index >= 15 is 0 Å². The fourth-order valence-corrected chi connectivity index (χ4v) is 7.06. The van der Waals surface area contributed by atoms with Crippen molar-refractivity contribution in [2.75, 3.05) is 0 Å². The van der Waals surface area contributed by atoms with Gasteiger partial charge in [-0.2, -0.15) is 0 Å². The van der Waals surface area contributed by atoms with Gasteiger partial charge in [0.15, 0.2) is 11.6 Å². The summed E-state index contributed by atoms with van der Waals surface area (Å²) in [5.41, 5.74) is 5.47. The highest BCUT2D eigenvalue weighted by Gasteiger charge is 2.27. The Morgan fingerprint density at radius 2 is 1.37 bits per heavy atom. The first-order valence-electron chi connectivity index (χ1n) is 18.2. The van der Waals surface area contributed by atoms with Crippen molar-refractivity contribution >= 4 is 11.3 Å². The van der Waals surface area contributed by atoms with Gasteiger partial charge in [0, 0.05) is 28.8 Å². The van der Waals surface area contributed by atoms with Crippen LogP contribution in [-0.4, -0.2) is 39.5 Å². The Bertz CT molecular complexity index is 2390. The summed E-state index contributed by atoms with van der Waals surface area (Å²) in [6.45, 7) is 5.29. The molecular weight excluding hydrogens is 689 g/mol. The van der Waals surface area contributed by atoms with E-state index in [1.807, 2.05) is 103 Å². The predicted octanol–water partition coefficient (Wildman–Crippen LogP) is 9.13. The Morgan fingerprint density at radius 3 is 2.06 bits per heavy atom. The smallest absolute Gasteiger partial charge is 0.209 e. The third-order valence-electron chi connectivity index (χ3n) is 8.91. The summed E-state index contributed by atoms with van der Waals surface area (Å²) in [5, 5.41) is 19.9. The molecule has 268 valence electrons. The minimum atomic E-state index is 0.393. The van der Waals surface area contributed by atoms with Crippen molar-refractivity contribution in [3.8, 4) is 34.9 Å². The first kappa shape index (κ1) is 35.9.